The molecule has 0 bridgehead atoms. The second-order valence-corrected chi connectivity index (χ2v) is 6.32. The molecule has 0 unspecified atom stereocenters. The molecule has 0 saturated carbocycles. The van der Waals surface area contributed by atoms with E-state index in [4.69, 9.17) is 23.2 Å². The Labute approximate surface area is 139 Å². The number of halogens is 2. The van der Waals surface area contributed by atoms with E-state index >= 15 is 0 Å². The Morgan fingerprint density at radius 3 is 2.73 bits per heavy atom. The maximum atomic E-state index is 12.2. The van der Waals surface area contributed by atoms with Crippen LogP contribution < -0.4 is 10.6 Å². The molecule has 3 amide bonds. The van der Waals surface area contributed by atoms with Crippen molar-refractivity contribution in [2.45, 2.75) is 32.9 Å². The van der Waals surface area contributed by atoms with Crippen LogP contribution >= 0.6 is 23.2 Å². The standard InChI is InChI=1S/C15H19Cl2N3O2/c1-9-5-11(16)6-14(17)13(9)7-18-15(22)20-4-3-12(8-20)19-10(2)21/h5-6,12H,3-4,7-8H2,1-2H3,(H,18,22)(H,19,21)/t12-/m0/s1. The third-order valence-corrected chi connectivity index (χ3v) is 4.24. The van der Waals surface area contributed by atoms with Crippen molar-refractivity contribution in [3.63, 3.8) is 0 Å². The Bertz CT molecular complexity index is 569. The topological polar surface area (TPSA) is 61.4 Å². The number of benzene rings is 1. The number of nitrogens with zero attached hydrogens (tertiary/aromatic N) is 1. The fraction of sp³-hybridized carbons (Fsp3) is 0.467. The number of hydrogen-bond donors (Lipinski definition) is 2. The molecule has 1 atom stereocenters. The molecule has 0 aliphatic carbocycles. The first-order valence-corrected chi connectivity index (χ1v) is 7.87. The van der Waals surface area contributed by atoms with Crippen molar-refractivity contribution < 1.29 is 9.59 Å². The fourth-order valence-electron chi connectivity index (χ4n) is 2.58. The molecule has 1 aliphatic rings. The number of urea groups is 1. The fourth-order valence-corrected chi connectivity index (χ4v) is 3.24. The summed E-state index contributed by atoms with van der Waals surface area (Å²) in [5.74, 6) is -0.0733. The second-order valence-electron chi connectivity index (χ2n) is 5.47. The van der Waals surface area contributed by atoms with E-state index in [0.717, 1.165) is 17.5 Å². The van der Waals surface area contributed by atoms with Crippen LogP contribution in [0.4, 0.5) is 4.79 Å². The zero-order valence-corrected chi connectivity index (χ0v) is 14.1. The van der Waals surface area contributed by atoms with Gasteiger partial charge in [-0.1, -0.05) is 23.2 Å². The molecule has 120 valence electrons. The van der Waals surface area contributed by atoms with Gasteiger partial charge in [0.15, 0.2) is 0 Å². The summed E-state index contributed by atoms with van der Waals surface area (Å²) in [6.07, 6.45) is 0.772. The molecule has 1 saturated heterocycles. The Hall–Kier alpha value is -1.46. The van der Waals surface area contributed by atoms with Gasteiger partial charge in [-0.25, -0.2) is 4.79 Å². The first kappa shape index (κ1) is 16.9. The predicted molar refractivity (Wildman–Crippen MR) is 87.2 cm³/mol. The third-order valence-electron chi connectivity index (χ3n) is 3.68. The van der Waals surface area contributed by atoms with Crippen molar-refractivity contribution in [1.29, 1.82) is 0 Å². The molecule has 1 heterocycles. The molecule has 0 radical (unpaired) electrons. The van der Waals surface area contributed by atoms with Crippen LogP contribution in [0, 0.1) is 6.92 Å². The molecular formula is C15H19Cl2N3O2. The summed E-state index contributed by atoms with van der Waals surface area (Å²) < 4.78 is 0. The summed E-state index contributed by atoms with van der Waals surface area (Å²) in [5.41, 5.74) is 1.80. The molecule has 2 N–H and O–H groups in total. The number of amides is 3. The SMILES string of the molecule is CC(=O)N[C@H]1CCN(C(=O)NCc2c(C)cc(Cl)cc2Cl)C1. The maximum Gasteiger partial charge on any atom is 0.317 e. The van der Waals surface area contributed by atoms with Crippen LogP contribution in [-0.2, 0) is 11.3 Å². The van der Waals surface area contributed by atoms with Crippen LogP contribution in [0.1, 0.15) is 24.5 Å². The predicted octanol–water partition coefficient (Wildman–Crippen LogP) is 2.72. The van der Waals surface area contributed by atoms with Gasteiger partial charge in [0.25, 0.3) is 0 Å². The highest BCUT2D eigenvalue weighted by Crippen LogP contribution is 2.24. The van der Waals surface area contributed by atoms with Gasteiger partial charge >= 0.3 is 6.03 Å². The van der Waals surface area contributed by atoms with Gasteiger partial charge in [-0.2, -0.15) is 0 Å². The first-order valence-electron chi connectivity index (χ1n) is 7.11. The van der Waals surface area contributed by atoms with Gasteiger partial charge < -0.3 is 15.5 Å². The van der Waals surface area contributed by atoms with Gasteiger partial charge in [-0.05, 0) is 36.6 Å². The highest BCUT2D eigenvalue weighted by Gasteiger charge is 2.26. The highest BCUT2D eigenvalue weighted by molar-refractivity contribution is 6.35. The average Bonchev–Trinajstić information content (AvgIpc) is 2.84. The minimum absolute atomic E-state index is 0.0316. The van der Waals surface area contributed by atoms with Crippen LogP contribution in [-0.4, -0.2) is 36.0 Å². The van der Waals surface area contributed by atoms with Gasteiger partial charge in [0.05, 0.1) is 0 Å². The lowest BCUT2D eigenvalue weighted by Gasteiger charge is -2.18. The number of carbonyl (C=O) groups excluding carboxylic acids is 2. The first-order chi connectivity index (χ1) is 10.4. The molecule has 7 heteroatoms. The lowest BCUT2D eigenvalue weighted by molar-refractivity contribution is -0.119. The van der Waals surface area contributed by atoms with Gasteiger partial charge in [0.2, 0.25) is 5.91 Å². The maximum absolute atomic E-state index is 12.2. The zero-order valence-electron chi connectivity index (χ0n) is 12.6. The molecule has 1 aromatic rings. The number of likely N-dealkylation sites (tertiary alicyclic amines) is 1. The third kappa shape index (κ3) is 4.27. The van der Waals surface area contributed by atoms with E-state index in [0.29, 0.717) is 29.7 Å². The van der Waals surface area contributed by atoms with Gasteiger partial charge in [0.1, 0.15) is 0 Å². The minimum atomic E-state index is -0.154. The number of carbonyl (C=O) groups is 2. The molecule has 22 heavy (non-hydrogen) atoms. The Morgan fingerprint density at radius 1 is 1.36 bits per heavy atom. The van der Waals surface area contributed by atoms with E-state index in [-0.39, 0.29) is 18.0 Å². The van der Waals surface area contributed by atoms with Crippen LogP contribution in [0.15, 0.2) is 12.1 Å². The van der Waals surface area contributed by atoms with E-state index in [9.17, 15) is 9.59 Å². The molecule has 1 aliphatic heterocycles. The van der Waals surface area contributed by atoms with Crippen LogP contribution in [0.2, 0.25) is 10.0 Å². The summed E-state index contributed by atoms with van der Waals surface area (Å²) >= 11 is 12.1. The summed E-state index contributed by atoms with van der Waals surface area (Å²) in [4.78, 5) is 24.9. The number of rotatable bonds is 3. The van der Waals surface area contributed by atoms with E-state index < -0.39 is 0 Å². The Kier molecular flexibility index (Phi) is 5.53. The summed E-state index contributed by atoms with van der Waals surface area (Å²) in [5, 5.41) is 6.81. The monoisotopic (exact) mass is 343 g/mol. The number of nitrogens with one attached hydrogen (secondary N) is 2. The number of aryl methyl sites for hydroxylation is 1. The van der Waals surface area contributed by atoms with Gasteiger partial charge in [0, 0.05) is 42.6 Å². The molecule has 1 fully saturated rings. The van der Waals surface area contributed by atoms with E-state index in [1.165, 1.54) is 6.92 Å². The highest BCUT2D eigenvalue weighted by atomic mass is 35.5. The van der Waals surface area contributed by atoms with E-state index in [1.54, 1.807) is 11.0 Å². The van der Waals surface area contributed by atoms with Crippen molar-refractivity contribution in [3.8, 4) is 0 Å². The number of hydrogen-bond acceptors (Lipinski definition) is 2. The summed E-state index contributed by atoms with van der Waals surface area (Å²) in [6.45, 7) is 4.89. The zero-order chi connectivity index (χ0) is 16.3. The lowest BCUT2D eigenvalue weighted by atomic mass is 10.1. The largest absolute Gasteiger partial charge is 0.352 e. The second kappa shape index (κ2) is 7.20. The average molecular weight is 344 g/mol. The molecule has 0 spiro atoms. The quantitative estimate of drug-likeness (QED) is 0.886. The molecule has 0 aromatic heterocycles. The Balaban J connectivity index is 1.90. The molecule has 1 aromatic carbocycles. The van der Waals surface area contributed by atoms with E-state index in [2.05, 4.69) is 10.6 Å². The van der Waals surface area contributed by atoms with E-state index in [1.807, 2.05) is 13.0 Å². The van der Waals surface area contributed by atoms with Gasteiger partial charge in [-0.3, -0.25) is 4.79 Å². The molecule has 2 rings (SSSR count). The van der Waals surface area contributed by atoms with Crippen molar-refractivity contribution in [1.82, 2.24) is 15.5 Å². The van der Waals surface area contributed by atoms with Crippen LogP contribution in [0.3, 0.4) is 0 Å². The van der Waals surface area contributed by atoms with Crippen molar-refractivity contribution in [3.05, 3.63) is 33.3 Å². The normalized spacial score (nSPS) is 17.5. The Morgan fingerprint density at radius 2 is 2.09 bits per heavy atom. The lowest BCUT2D eigenvalue weighted by Crippen LogP contribution is -2.41. The van der Waals surface area contributed by atoms with Crippen molar-refractivity contribution in [2.24, 2.45) is 0 Å². The van der Waals surface area contributed by atoms with Crippen molar-refractivity contribution in [2.75, 3.05) is 13.1 Å². The smallest absolute Gasteiger partial charge is 0.317 e. The summed E-state index contributed by atoms with van der Waals surface area (Å²) in [7, 11) is 0. The van der Waals surface area contributed by atoms with Gasteiger partial charge in [-0.15, -0.1) is 0 Å². The molecular weight excluding hydrogens is 325 g/mol. The molecule has 5 nitrogen and oxygen atoms in total. The summed E-state index contributed by atoms with van der Waals surface area (Å²) in [6, 6.07) is 3.36. The van der Waals surface area contributed by atoms with Crippen LogP contribution in [0.25, 0.3) is 0 Å². The van der Waals surface area contributed by atoms with Crippen molar-refractivity contribution >= 4 is 35.1 Å². The van der Waals surface area contributed by atoms with Crippen LogP contribution in [0.5, 0.6) is 0 Å². The minimum Gasteiger partial charge on any atom is -0.352 e.